The van der Waals surface area contributed by atoms with Crippen molar-refractivity contribution in [2.24, 2.45) is 11.3 Å². The van der Waals surface area contributed by atoms with Crippen LogP contribution in [0.4, 0.5) is 0 Å². The van der Waals surface area contributed by atoms with Crippen molar-refractivity contribution in [2.45, 2.75) is 53.9 Å². The van der Waals surface area contributed by atoms with Crippen molar-refractivity contribution in [1.29, 1.82) is 0 Å². The third-order valence-electron chi connectivity index (χ3n) is 3.77. The highest BCUT2D eigenvalue weighted by molar-refractivity contribution is 5.94. The van der Waals surface area contributed by atoms with E-state index in [1.807, 2.05) is 13.8 Å². The van der Waals surface area contributed by atoms with E-state index in [1.165, 1.54) is 18.4 Å². The minimum absolute atomic E-state index is 0.272. The Balaban J connectivity index is 2.97. The first-order chi connectivity index (χ1) is 7.38. The molecule has 16 heavy (non-hydrogen) atoms. The van der Waals surface area contributed by atoms with E-state index >= 15 is 0 Å². The van der Waals surface area contributed by atoms with Crippen LogP contribution in [-0.2, 0) is 4.79 Å². The van der Waals surface area contributed by atoms with Crippen LogP contribution in [-0.4, -0.2) is 5.78 Å². The fourth-order valence-corrected chi connectivity index (χ4v) is 2.55. The first-order valence-electron chi connectivity index (χ1n) is 6.26. The molecule has 90 valence electrons. The van der Waals surface area contributed by atoms with E-state index in [2.05, 4.69) is 32.9 Å². The number of rotatable bonds is 3. The lowest BCUT2D eigenvalue weighted by Gasteiger charge is -2.37. The second-order valence-corrected chi connectivity index (χ2v) is 5.58. The topological polar surface area (TPSA) is 17.1 Å². The molecule has 0 saturated carbocycles. The molecule has 0 aromatic heterocycles. The molecule has 1 aliphatic carbocycles. The second kappa shape index (κ2) is 4.99. The zero-order valence-electron chi connectivity index (χ0n) is 11.3. The van der Waals surface area contributed by atoms with Gasteiger partial charge in [0.15, 0.2) is 5.78 Å². The lowest BCUT2D eigenvalue weighted by Crippen LogP contribution is -2.27. The lowest BCUT2D eigenvalue weighted by atomic mass is 9.68. The average Bonchev–Trinajstić information content (AvgIpc) is 2.21. The van der Waals surface area contributed by atoms with Gasteiger partial charge in [0, 0.05) is 12.3 Å². The molecule has 1 rings (SSSR count). The number of Topliss-reactive ketones (excluding diaryl/α,β-unsaturated/α-hetero) is 1. The summed E-state index contributed by atoms with van der Waals surface area (Å²) >= 11 is 0. The minimum atomic E-state index is 0.272. The summed E-state index contributed by atoms with van der Waals surface area (Å²) in [6.07, 6.45) is 7.48. The van der Waals surface area contributed by atoms with Crippen LogP contribution in [0.5, 0.6) is 0 Å². The van der Waals surface area contributed by atoms with Crippen LogP contribution in [0.1, 0.15) is 53.9 Å². The molecule has 0 fully saturated rings. The third kappa shape index (κ3) is 2.84. The van der Waals surface area contributed by atoms with Gasteiger partial charge >= 0.3 is 0 Å². The molecule has 1 atom stereocenters. The van der Waals surface area contributed by atoms with Crippen molar-refractivity contribution in [3.63, 3.8) is 0 Å². The van der Waals surface area contributed by atoms with Crippen molar-refractivity contribution < 1.29 is 4.79 Å². The van der Waals surface area contributed by atoms with E-state index in [4.69, 9.17) is 0 Å². The first-order valence-corrected chi connectivity index (χ1v) is 6.26. The molecule has 0 N–H and O–H groups in total. The van der Waals surface area contributed by atoms with Gasteiger partial charge in [0.05, 0.1) is 0 Å². The molecule has 1 unspecified atom stereocenters. The minimum Gasteiger partial charge on any atom is -0.295 e. The quantitative estimate of drug-likeness (QED) is 0.512. The van der Waals surface area contributed by atoms with E-state index in [9.17, 15) is 4.79 Å². The monoisotopic (exact) mass is 220 g/mol. The first kappa shape index (κ1) is 13.2. The Morgan fingerprint density at radius 1 is 1.56 bits per heavy atom. The van der Waals surface area contributed by atoms with E-state index in [-0.39, 0.29) is 11.2 Å². The summed E-state index contributed by atoms with van der Waals surface area (Å²) < 4.78 is 0. The van der Waals surface area contributed by atoms with Gasteiger partial charge in [0.25, 0.3) is 0 Å². The molecular weight excluding hydrogens is 196 g/mol. The molecule has 0 bridgehead atoms. The van der Waals surface area contributed by atoms with Crippen LogP contribution in [0, 0.1) is 11.3 Å². The fraction of sp³-hybridized carbons (Fsp3) is 0.667. The number of hydrogen-bond donors (Lipinski definition) is 0. The van der Waals surface area contributed by atoms with E-state index in [1.54, 1.807) is 0 Å². The van der Waals surface area contributed by atoms with Gasteiger partial charge in [-0.25, -0.2) is 0 Å². The van der Waals surface area contributed by atoms with Gasteiger partial charge in [0.2, 0.25) is 0 Å². The molecule has 0 aromatic rings. The number of carbonyl (C=O) groups excluding carboxylic acids is 1. The largest absolute Gasteiger partial charge is 0.295 e. The SMILES string of the molecule is CCC(=O)C(C)=CC1C(C)=CCCC1(C)C. The smallest absolute Gasteiger partial charge is 0.158 e. The van der Waals surface area contributed by atoms with Gasteiger partial charge in [-0.3, -0.25) is 4.79 Å². The van der Waals surface area contributed by atoms with Crippen LogP contribution in [0.15, 0.2) is 23.3 Å². The highest BCUT2D eigenvalue weighted by atomic mass is 16.1. The van der Waals surface area contributed by atoms with Crippen LogP contribution < -0.4 is 0 Å². The summed E-state index contributed by atoms with van der Waals surface area (Å²) in [5.74, 6) is 0.700. The molecule has 0 amide bonds. The van der Waals surface area contributed by atoms with Gasteiger partial charge in [-0.05, 0) is 37.7 Å². The molecule has 1 aliphatic rings. The van der Waals surface area contributed by atoms with Gasteiger partial charge in [0.1, 0.15) is 0 Å². The predicted octanol–water partition coefficient (Wildman–Crippen LogP) is 4.29. The molecule has 1 nitrogen and oxygen atoms in total. The van der Waals surface area contributed by atoms with Crippen molar-refractivity contribution in [3.05, 3.63) is 23.3 Å². The van der Waals surface area contributed by atoms with Gasteiger partial charge in [-0.2, -0.15) is 0 Å². The van der Waals surface area contributed by atoms with Crippen molar-refractivity contribution >= 4 is 5.78 Å². The Labute approximate surface area is 99.6 Å². The highest BCUT2D eigenvalue weighted by Gasteiger charge is 2.31. The van der Waals surface area contributed by atoms with Gasteiger partial charge in [-0.15, -0.1) is 0 Å². The zero-order chi connectivity index (χ0) is 12.3. The molecule has 0 spiro atoms. The van der Waals surface area contributed by atoms with Crippen molar-refractivity contribution in [3.8, 4) is 0 Å². The Hall–Kier alpha value is -0.850. The standard InChI is InChI=1S/C15H24O/c1-6-14(16)12(3)10-13-11(2)8-7-9-15(13,4)5/h8,10,13H,6-7,9H2,1-5H3. The molecular formula is C15H24O. The number of hydrogen-bond acceptors (Lipinski definition) is 1. The molecule has 0 aromatic carbocycles. The molecule has 0 heterocycles. The van der Waals surface area contributed by atoms with E-state index in [0.717, 1.165) is 5.57 Å². The molecule has 0 aliphatic heterocycles. The third-order valence-corrected chi connectivity index (χ3v) is 3.77. The normalized spacial score (nSPS) is 25.2. The number of carbonyl (C=O) groups is 1. The Bertz CT molecular complexity index is 331. The fourth-order valence-electron chi connectivity index (χ4n) is 2.55. The molecule has 0 saturated heterocycles. The predicted molar refractivity (Wildman–Crippen MR) is 69.3 cm³/mol. The Morgan fingerprint density at radius 2 is 2.19 bits per heavy atom. The van der Waals surface area contributed by atoms with E-state index < -0.39 is 0 Å². The van der Waals surface area contributed by atoms with Gasteiger partial charge in [-0.1, -0.05) is 38.5 Å². The Kier molecular flexibility index (Phi) is 4.12. The number of allylic oxidation sites excluding steroid dienone is 4. The average molecular weight is 220 g/mol. The second-order valence-electron chi connectivity index (χ2n) is 5.58. The van der Waals surface area contributed by atoms with Crippen LogP contribution in [0.2, 0.25) is 0 Å². The summed E-state index contributed by atoms with van der Waals surface area (Å²) in [6.45, 7) is 10.7. The zero-order valence-corrected chi connectivity index (χ0v) is 11.3. The molecule has 1 heteroatoms. The Morgan fingerprint density at radius 3 is 2.69 bits per heavy atom. The number of ketones is 1. The maximum absolute atomic E-state index is 11.6. The molecule has 0 radical (unpaired) electrons. The van der Waals surface area contributed by atoms with Crippen LogP contribution in [0.3, 0.4) is 0 Å². The van der Waals surface area contributed by atoms with Crippen molar-refractivity contribution in [2.75, 3.05) is 0 Å². The van der Waals surface area contributed by atoms with E-state index in [0.29, 0.717) is 12.3 Å². The summed E-state index contributed by atoms with van der Waals surface area (Å²) in [7, 11) is 0. The maximum atomic E-state index is 11.6. The lowest BCUT2D eigenvalue weighted by molar-refractivity contribution is -0.115. The summed E-state index contributed by atoms with van der Waals surface area (Å²) in [6, 6.07) is 0. The highest BCUT2D eigenvalue weighted by Crippen LogP contribution is 2.42. The van der Waals surface area contributed by atoms with Crippen molar-refractivity contribution in [1.82, 2.24) is 0 Å². The van der Waals surface area contributed by atoms with Gasteiger partial charge < -0.3 is 0 Å². The summed E-state index contributed by atoms with van der Waals surface area (Å²) in [5, 5.41) is 0. The summed E-state index contributed by atoms with van der Waals surface area (Å²) in [4.78, 5) is 11.6. The van der Waals surface area contributed by atoms with Crippen LogP contribution in [0.25, 0.3) is 0 Å². The maximum Gasteiger partial charge on any atom is 0.158 e. The van der Waals surface area contributed by atoms with Crippen LogP contribution >= 0.6 is 0 Å². The summed E-state index contributed by atoms with van der Waals surface area (Å²) in [5.41, 5.74) is 2.63.